The van der Waals surface area contributed by atoms with Crippen molar-refractivity contribution in [3.63, 3.8) is 0 Å². The van der Waals surface area contributed by atoms with Gasteiger partial charge in [0.2, 0.25) is 0 Å². The Morgan fingerprint density at radius 1 is 0.617 bits per heavy atom. The molecule has 0 aromatic rings. The summed E-state index contributed by atoms with van der Waals surface area (Å²) in [7, 11) is -0.183. The lowest BCUT2D eigenvalue weighted by Crippen LogP contribution is -2.39. The molecule has 0 radical (unpaired) electrons. The van der Waals surface area contributed by atoms with Gasteiger partial charge >= 0.3 is 0 Å². The van der Waals surface area contributed by atoms with E-state index in [1.807, 2.05) is 0 Å². The van der Waals surface area contributed by atoms with Gasteiger partial charge in [-0.1, -0.05) is 175 Å². The fraction of sp³-hybridized carbons (Fsp3) is 0.783. The molecule has 0 aromatic carbocycles. The van der Waals surface area contributed by atoms with E-state index >= 15 is 0 Å². The quantitative estimate of drug-likeness (QED) is 0.0778. The Hall–Kier alpha value is -0.870. The summed E-state index contributed by atoms with van der Waals surface area (Å²) in [5.74, 6) is 4.81. The first-order chi connectivity index (χ1) is 22.7. The van der Waals surface area contributed by atoms with Crippen LogP contribution >= 0.6 is 7.92 Å². The molecule has 3 saturated carbocycles. The lowest BCUT2D eigenvalue weighted by molar-refractivity contribution is 0.138. The molecule has 0 spiro atoms. The van der Waals surface area contributed by atoms with Crippen LogP contribution in [0.5, 0.6) is 0 Å². The van der Waals surface area contributed by atoms with Crippen molar-refractivity contribution in [2.24, 2.45) is 40.9 Å². The number of allylic oxidation sites excluding steroid dienone is 10. The minimum Gasteiger partial charge on any atom is -0.0899 e. The van der Waals surface area contributed by atoms with Crippen molar-refractivity contribution in [2.75, 3.05) is 0 Å². The summed E-state index contributed by atoms with van der Waals surface area (Å²) in [6.07, 6.45) is 46.6. The largest absolute Gasteiger partial charge is 0.0899 e. The first-order valence-corrected chi connectivity index (χ1v) is 22.4. The maximum absolute atomic E-state index is 3.04. The van der Waals surface area contributed by atoms with Gasteiger partial charge in [0.25, 0.3) is 0 Å². The van der Waals surface area contributed by atoms with Crippen LogP contribution in [-0.4, -0.2) is 17.0 Å². The monoisotopic (exact) mass is 663 g/mol. The Kier molecular flexibility index (Phi) is 18.4. The van der Waals surface area contributed by atoms with Crippen LogP contribution in [0.2, 0.25) is 0 Å². The third kappa shape index (κ3) is 11.6. The van der Waals surface area contributed by atoms with Gasteiger partial charge in [0, 0.05) is 0 Å². The highest BCUT2D eigenvalue weighted by molar-refractivity contribution is 7.60. The highest BCUT2D eigenvalue weighted by Gasteiger charge is 2.51. The summed E-state index contributed by atoms with van der Waals surface area (Å²) in [4.78, 5) is 0. The second-order valence-electron chi connectivity index (χ2n) is 16.3. The number of hydrogen-bond donors (Lipinski definition) is 0. The average Bonchev–Trinajstić information content (AvgIpc) is 3.69. The molecule has 3 fully saturated rings. The van der Waals surface area contributed by atoms with Crippen LogP contribution in [0.4, 0.5) is 0 Å². The molecule has 0 N–H and O–H groups in total. The zero-order valence-electron chi connectivity index (χ0n) is 32.9. The Morgan fingerprint density at radius 2 is 1.17 bits per heavy atom. The highest BCUT2D eigenvalue weighted by Crippen LogP contribution is 2.64. The van der Waals surface area contributed by atoms with Gasteiger partial charge in [0.15, 0.2) is 0 Å². The molecular formula is C46H79P. The van der Waals surface area contributed by atoms with Crippen molar-refractivity contribution in [1.82, 2.24) is 0 Å². The maximum Gasteiger partial charge on any atom is -0.00503 e. The molecule has 8 unspecified atom stereocenters. The van der Waals surface area contributed by atoms with Crippen molar-refractivity contribution in [3.8, 4) is 0 Å². The fourth-order valence-electron chi connectivity index (χ4n) is 10.5. The maximum atomic E-state index is 3.04. The van der Waals surface area contributed by atoms with E-state index in [1.165, 1.54) is 83.5 Å². The van der Waals surface area contributed by atoms with Crippen molar-refractivity contribution >= 4 is 7.92 Å². The third-order valence-electron chi connectivity index (χ3n) is 12.9. The Balaban J connectivity index is 2.13. The molecular weight excluding hydrogens is 583 g/mol. The molecule has 0 nitrogen and oxygen atoms in total. The Labute approximate surface area is 296 Å². The van der Waals surface area contributed by atoms with Crippen molar-refractivity contribution in [2.45, 2.75) is 188 Å². The fourth-order valence-corrected chi connectivity index (χ4v) is 14.2. The van der Waals surface area contributed by atoms with Crippen LogP contribution in [-0.2, 0) is 0 Å². The van der Waals surface area contributed by atoms with Gasteiger partial charge in [-0.05, 0) is 122 Å². The minimum atomic E-state index is -0.183. The molecule has 0 bridgehead atoms. The molecule has 3 aliphatic carbocycles. The molecule has 268 valence electrons. The number of rotatable bonds is 18. The summed E-state index contributed by atoms with van der Waals surface area (Å²) < 4.78 is 0. The van der Waals surface area contributed by atoms with Gasteiger partial charge in [0.1, 0.15) is 0 Å². The van der Waals surface area contributed by atoms with E-state index in [9.17, 15) is 0 Å². The van der Waals surface area contributed by atoms with E-state index in [4.69, 9.17) is 0 Å². The smallest absolute Gasteiger partial charge is 0.00503 e. The Bertz CT molecular complexity index is 986. The lowest BCUT2D eigenvalue weighted by atomic mass is 9.63. The van der Waals surface area contributed by atoms with E-state index in [0.29, 0.717) is 28.6 Å². The van der Waals surface area contributed by atoms with Crippen LogP contribution in [0.15, 0.2) is 60.3 Å². The molecule has 3 rings (SSSR count). The number of hydrogen-bond acceptors (Lipinski definition) is 0. The molecule has 1 heteroatoms. The molecule has 0 aliphatic heterocycles. The summed E-state index contributed by atoms with van der Waals surface area (Å²) in [6, 6.07) is 0. The van der Waals surface area contributed by atoms with Crippen molar-refractivity contribution in [3.05, 3.63) is 60.3 Å². The van der Waals surface area contributed by atoms with Crippen LogP contribution in [0, 0.1) is 40.9 Å². The van der Waals surface area contributed by atoms with E-state index in [1.54, 1.807) is 5.57 Å². The summed E-state index contributed by atoms with van der Waals surface area (Å²) in [5, 5.41) is 0. The van der Waals surface area contributed by atoms with Crippen molar-refractivity contribution in [1.29, 1.82) is 0 Å². The molecule has 9 atom stereocenters. The predicted octanol–water partition coefficient (Wildman–Crippen LogP) is 15.3. The normalized spacial score (nSPS) is 30.8. The zero-order valence-corrected chi connectivity index (χ0v) is 33.8. The van der Waals surface area contributed by atoms with Gasteiger partial charge in [-0.3, -0.25) is 0 Å². The van der Waals surface area contributed by atoms with Crippen LogP contribution in [0.25, 0.3) is 0 Å². The summed E-state index contributed by atoms with van der Waals surface area (Å²) in [6.45, 7) is 22.0. The topological polar surface area (TPSA) is 0 Å². The van der Waals surface area contributed by atoms with Crippen LogP contribution in [0.3, 0.4) is 0 Å². The van der Waals surface area contributed by atoms with Gasteiger partial charge in [-0.15, -0.1) is 0 Å². The average molecular weight is 663 g/mol. The second kappa shape index (κ2) is 21.4. The van der Waals surface area contributed by atoms with Crippen LogP contribution < -0.4 is 0 Å². The molecule has 0 heterocycles. The van der Waals surface area contributed by atoms with E-state index in [2.05, 4.69) is 117 Å². The Morgan fingerprint density at radius 3 is 1.79 bits per heavy atom. The zero-order chi connectivity index (χ0) is 34.2. The first-order valence-electron chi connectivity index (χ1n) is 20.9. The third-order valence-corrected chi connectivity index (χ3v) is 16.4. The molecule has 47 heavy (non-hydrogen) atoms. The van der Waals surface area contributed by atoms with Crippen molar-refractivity contribution < 1.29 is 0 Å². The standard InChI is InChI=1S/C46H79P/c1-10-14-22-36(5)34-43(37(6)23-15-11-2)35-46(44-29-20-28-42(31-32-44)41-26-18-19-27-41)33-21-30-45(46)40(9)47(38(7)24-16-12-3)39(8)25-17-13-4/h14-17,22-25,35-42,44-45H,10-13,18-21,26-34H2,1-9H3/b22-14+,23-15+,24-16+,25-17+,43-35-/t36?,37?,38?,39?,40?,42?,44?,45-,46?,47?/m0/s1. The molecule has 0 saturated heterocycles. The second-order valence-corrected chi connectivity index (χ2v) is 19.7. The molecule has 3 aliphatic rings. The van der Waals surface area contributed by atoms with E-state index in [-0.39, 0.29) is 7.92 Å². The molecule has 0 aromatic heterocycles. The summed E-state index contributed by atoms with van der Waals surface area (Å²) in [5.41, 5.74) is 4.21. The van der Waals surface area contributed by atoms with E-state index in [0.717, 1.165) is 55.0 Å². The lowest BCUT2D eigenvalue weighted by Gasteiger charge is -2.48. The summed E-state index contributed by atoms with van der Waals surface area (Å²) >= 11 is 0. The first kappa shape index (κ1) is 40.6. The minimum absolute atomic E-state index is 0.183. The highest BCUT2D eigenvalue weighted by atomic mass is 31.1. The predicted molar refractivity (Wildman–Crippen MR) is 216 cm³/mol. The van der Waals surface area contributed by atoms with E-state index < -0.39 is 0 Å². The SMILES string of the molecule is CC/C=C/C(C)C/C(=C/C1(C2CCCC(C3CCCC3)CC2)CCC[C@H]1C(C)P(C(C)/C=C/CC)C(C)/C=C/CC)C(C)/C=C/CC. The van der Waals surface area contributed by atoms with Gasteiger partial charge in [0.05, 0.1) is 0 Å². The van der Waals surface area contributed by atoms with Gasteiger partial charge in [-0.25, -0.2) is 0 Å². The van der Waals surface area contributed by atoms with Crippen LogP contribution in [0.1, 0.15) is 171 Å². The van der Waals surface area contributed by atoms with Gasteiger partial charge < -0.3 is 0 Å². The van der Waals surface area contributed by atoms with Gasteiger partial charge in [-0.2, -0.15) is 0 Å². The molecule has 0 amide bonds.